The number of para-hydroxylation sites is 4. The molecule has 3 nitrogen and oxygen atoms in total. The summed E-state index contributed by atoms with van der Waals surface area (Å²) in [7, 11) is 0. The molecule has 282 valence electrons. The summed E-state index contributed by atoms with van der Waals surface area (Å²) in [5.41, 5.74) is 19.0. The third-order valence-electron chi connectivity index (χ3n) is 13.0. The Balaban J connectivity index is 1.11. The van der Waals surface area contributed by atoms with E-state index in [-0.39, 0.29) is 6.71 Å². The fourth-order valence-corrected chi connectivity index (χ4v) is 11.4. The standard InChI is InChI=1S/C54H42BN3S/c1-4-16-37(17-5-1)39-28-30-42(31-29-39)56-46-23-11-10-22-44(46)55-45-33-32-43(58-47-24-12-14-26-52(47)59-53-27-15-13-25-48(53)58)36-49(45)57(41-20-8-3-9-21-41)51-35-40(34-50(56)54(51)55)38-18-6-2-7-19-38/h1,3-5,8-17,20-36,38H,2,6-7,18-19H2. The molecule has 0 saturated heterocycles. The minimum atomic E-state index is 0.0666. The molecule has 4 aliphatic rings. The molecule has 1 saturated carbocycles. The fraction of sp³-hybridized carbons (Fsp3) is 0.111. The molecule has 0 bridgehead atoms. The molecule has 0 radical (unpaired) electrons. The summed E-state index contributed by atoms with van der Waals surface area (Å²) < 4.78 is 0. The Morgan fingerprint density at radius 1 is 0.390 bits per heavy atom. The van der Waals surface area contributed by atoms with E-state index in [1.54, 1.807) is 0 Å². The Labute approximate surface area is 351 Å². The van der Waals surface area contributed by atoms with Crippen molar-refractivity contribution >= 4 is 86.0 Å². The van der Waals surface area contributed by atoms with Gasteiger partial charge in [-0.25, -0.2) is 0 Å². The topological polar surface area (TPSA) is 9.72 Å². The summed E-state index contributed by atoms with van der Waals surface area (Å²) in [5, 5.41) is 0. The molecular formula is C54H42BN3S. The maximum Gasteiger partial charge on any atom is 0.252 e. The Kier molecular flexibility index (Phi) is 8.29. The van der Waals surface area contributed by atoms with Gasteiger partial charge in [0.1, 0.15) is 0 Å². The van der Waals surface area contributed by atoms with Crippen molar-refractivity contribution in [3.63, 3.8) is 0 Å². The maximum atomic E-state index is 2.58. The van der Waals surface area contributed by atoms with Crippen LogP contribution in [-0.2, 0) is 0 Å². The van der Waals surface area contributed by atoms with Crippen molar-refractivity contribution in [2.24, 2.45) is 0 Å². The third-order valence-corrected chi connectivity index (χ3v) is 14.1. The van der Waals surface area contributed by atoms with Gasteiger partial charge in [-0.1, -0.05) is 140 Å². The molecule has 8 aromatic carbocycles. The van der Waals surface area contributed by atoms with Crippen LogP contribution in [0.15, 0.2) is 198 Å². The van der Waals surface area contributed by atoms with Gasteiger partial charge in [0.05, 0.1) is 11.4 Å². The zero-order valence-corrected chi connectivity index (χ0v) is 33.7. The molecular weight excluding hydrogens is 733 g/mol. The first-order valence-corrected chi connectivity index (χ1v) is 22.0. The van der Waals surface area contributed by atoms with Crippen molar-refractivity contribution in [1.29, 1.82) is 0 Å². The second kappa shape index (κ2) is 14.1. The van der Waals surface area contributed by atoms with E-state index in [2.05, 4.69) is 203 Å². The van der Waals surface area contributed by atoms with Crippen LogP contribution >= 0.6 is 11.8 Å². The van der Waals surface area contributed by atoms with Crippen molar-refractivity contribution in [3.05, 3.63) is 194 Å². The lowest BCUT2D eigenvalue weighted by atomic mass is 9.33. The zero-order valence-electron chi connectivity index (χ0n) is 32.8. The summed E-state index contributed by atoms with van der Waals surface area (Å²) in [5.74, 6) is 0.535. The van der Waals surface area contributed by atoms with E-state index in [1.165, 1.54) is 126 Å². The van der Waals surface area contributed by atoms with Crippen LogP contribution in [0.1, 0.15) is 43.6 Å². The largest absolute Gasteiger partial charge is 0.311 e. The first kappa shape index (κ1) is 34.6. The maximum absolute atomic E-state index is 2.58. The number of benzene rings is 8. The Hall–Kier alpha value is -6.43. The summed E-state index contributed by atoms with van der Waals surface area (Å²) in [6.07, 6.45) is 6.39. The highest BCUT2D eigenvalue weighted by molar-refractivity contribution is 7.99. The van der Waals surface area contributed by atoms with Crippen LogP contribution in [0.25, 0.3) is 11.1 Å². The molecule has 12 rings (SSSR count). The van der Waals surface area contributed by atoms with Crippen LogP contribution in [0.4, 0.5) is 51.2 Å². The highest BCUT2D eigenvalue weighted by atomic mass is 32.2. The van der Waals surface area contributed by atoms with Crippen molar-refractivity contribution in [2.75, 3.05) is 14.7 Å². The molecule has 0 atom stereocenters. The molecule has 0 spiro atoms. The van der Waals surface area contributed by atoms with Crippen LogP contribution in [0.5, 0.6) is 0 Å². The summed E-state index contributed by atoms with van der Waals surface area (Å²) in [4.78, 5) is 10.2. The predicted octanol–water partition coefficient (Wildman–Crippen LogP) is 13.4. The quantitative estimate of drug-likeness (QED) is 0.161. The summed E-state index contributed by atoms with van der Waals surface area (Å²) in [6.45, 7) is 0.0666. The lowest BCUT2D eigenvalue weighted by molar-refractivity contribution is 0.444. The van der Waals surface area contributed by atoms with Gasteiger partial charge in [-0.15, -0.1) is 0 Å². The van der Waals surface area contributed by atoms with E-state index in [0.717, 1.165) is 0 Å². The number of hydrogen-bond donors (Lipinski definition) is 0. The SMILES string of the molecule is c1ccc(-c2ccc(N3c4ccccc4B4c5ccc(N6c7ccccc7Sc7ccccc76)cc5N(c5ccccc5)c5cc(C6CCCCC6)cc3c54)cc2)cc1. The Morgan fingerprint density at radius 2 is 0.898 bits per heavy atom. The molecule has 8 aromatic rings. The highest BCUT2D eigenvalue weighted by Crippen LogP contribution is 2.53. The number of fused-ring (bicyclic) bond motifs is 6. The number of nitrogens with zero attached hydrogens (tertiary/aromatic N) is 3. The minimum absolute atomic E-state index is 0.0666. The molecule has 59 heavy (non-hydrogen) atoms. The third kappa shape index (κ3) is 5.67. The second-order valence-corrected chi connectivity index (χ2v) is 17.4. The minimum Gasteiger partial charge on any atom is -0.311 e. The average molecular weight is 776 g/mol. The van der Waals surface area contributed by atoms with Crippen LogP contribution in [-0.4, -0.2) is 6.71 Å². The van der Waals surface area contributed by atoms with Crippen LogP contribution < -0.4 is 31.1 Å². The van der Waals surface area contributed by atoms with Crippen molar-refractivity contribution < 1.29 is 0 Å². The molecule has 3 aliphatic heterocycles. The smallest absolute Gasteiger partial charge is 0.252 e. The summed E-state index contributed by atoms with van der Waals surface area (Å²) in [6, 6.07) is 70.3. The van der Waals surface area contributed by atoms with Gasteiger partial charge in [0, 0.05) is 49.6 Å². The average Bonchev–Trinajstić information content (AvgIpc) is 3.31. The molecule has 0 unspecified atom stereocenters. The van der Waals surface area contributed by atoms with E-state index in [1.807, 2.05) is 11.8 Å². The van der Waals surface area contributed by atoms with Crippen LogP contribution in [0.3, 0.4) is 0 Å². The van der Waals surface area contributed by atoms with Gasteiger partial charge in [-0.3, -0.25) is 0 Å². The van der Waals surface area contributed by atoms with Gasteiger partial charge in [-0.2, -0.15) is 0 Å². The van der Waals surface area contributed by atoms with E-state index in [9.17, 15) is 0 Å². The van der Waals surface area contributed by atoms with Gasteiger partial charge in [0.2, 0.25) is 0 Å². The summed E-state index contributed by atoms with van der Waals surface area (Å²) >= 11 is 1.86. The molecule has 5 heteroatoms. The molecule has 0 N–H and O–H groups in total. The van der Waals surface area contributed by atoms with E-state index < -0.39 is 0 Å². The van der Waals surface area contributed by atoms with E-state index >= 15 is 0 Å². The van der Waals surface area contributed by atoms with Crippen LogP contribution in [0, 0.1) is 0 Å². The fourth-order valence-electron chi connectivity index (χ4n) is 10.3. The van der Waals surface area contributed by atoms with Crippen molar-refractivity contribution in [1.82, 2.24) is 0 Å². The highest BCUT2D eigenvalue weighted by Gasteiger charge is 2.44. The van der Waals surface area contributed by atoms with Gasteiger partial charge >= 0.3 is 0 Å². The zero-order chi connectivity index (χ0) is 38.9. The Morgan fingerprint density at radius 3 is 1.59 bits per heavy atom. The van der Waals surface area contributed by atoms with Gasteiger partial charge in [-0.05, 0) is 131 Å². The predicted molar refractivity (Wildman–Crippen MR) is 251 cm³/mol. The normalized spacial score (nSPS) is 15.2. The van der Waals surface area contributed by atoms with E-state index in [0.29, 0.717) is 5.92 Å². The van der Waals surface area contributed by atoms with Crippen molar-refractivity contribution in [2.45, 2.75) is 47.8 Å². The van der Waals surface area contributed by atoms with Crippen molar-refractivity contribution in [3.8, 4) is 11.1 Å². The molecule has 3 heterocycles. The van der Waals surface area contributed by atoms with Gasteiger partial charge in [0.15, 0.2) is 0 Å². The first-order chi connectivity index (χ1) is 29.3. The molecule has 1 aliphatic carbocycles. The monoisotopic (exact) mass is 775 g/mol. The lowest BCUT2D eigenvalue weighted by Crippen LogP contribution is -2.61. The Bertz CT molecular complexity index is 2820. The first-order valence-electron chi connectivity index (χ1n) is 21.2. The number of rotatable bonds is 5. The van der Waals surface area contributed by atoms with Gasteiger partial charge < -0.3 is 14.7 Å². The van der Waals surface area contributed by atoms with Crippen LogP contribution in [0.2, 0.25) is 0 Å². The second-order valence-electron chi connectivity index (χ2n) is 16.3. The van der Waals surface area contributed by atoms with E-state index in [4.69, 9.17) is 0 Å². The number of anilines is 9. The molecule has 0 amide bonds. The van der Waals surface area contributed by atoms with Gasteiger partial charge in [0.25, 0.3) is 6.71 Å². The molecule has 0 aromatic heterocycles. The lowest BCUT2D eigenvalue weighted by Gasteiger charge is -2.45. The number of hydrogen-bond acceptors (Lipinski definition) is 4. The molecule has 1 fully saturated rings.